The van der Waals surface area contributed by atoms with Crippen molar-refractivity contribution in [2.45, 2.75) is 126 Å². The summed E-state index contributed by atoms with van der Waals surface area (Å²) < 4.78 is 42.9. The Morgan fingerprint density at radius 1 is 0.957 bits per heavy atom. The Labute approximate surface area is 409 Å². The number of carbonyl (C=O) groups excluding carboxylic acids is 1. The molecule has 11 rings (SSSR count). The zero-order valence-electron chi connectivity index (χ0n) is 40.1. The topological polar surface area (TPSA) is 195 Å². The summed E-state index contributed by atoms with van der Waals surface area (Å²) in [5.41, 5.74) is 5.78. The van der Waals surface area contributed by atoms with Crippen LogP contribution in [0.5, 0.6) is 11.6 Å². The van der Waals surface area contributed by atoms with Gasteiger partial charge in [0.1, 0.15) is 17.9 Å². The van der Waals surface area contributed by atoms with Crippen molar-refractivity contribution in [2.75, 3.05) is 54.5 Å². The predicted molar refractivity (Wildman–Crippen MR) is 269 cm³/mol. The van der Waals surface area contributed by atoms with E-state index < -0.39 is 31.4 Å². The summed E-state index contributed by atoms with van der Waals surface area (Å²) in [6.07, 6.45) is 13.0. The van der Waals surface area contributed by atoms with Gasteiger partial charge in [0.25, 0.3) is 21.6 Å². The first-order chi connectivity index (χ1) is 33.8. The van der Waals surface area contributed by atoms with Crippen LogP contribution in [0.4, 0.5) is 28.4 Å². The lowest BCUT2D eigenvalue weighted by atomic mass is 9.59. The minimum atomic E-state index is -4.66. The number of ether oxygens (including phenoxy) is 2. The van der Waals surface area contributed by atoms with Gasteiger partial charge in [-0.25, -0.2) is 13.1 Å². The second kappa shape index (κ2) is 18.7. The van der Waals surface area contributed by atoms with Gasteiger partial charge in [0.2, 0.25) is 5.88 Å². The summed E-state index contributed by atoms with van der Waals surface area (Å²) in [6, 6.07) is 21.5. The van der Waals surface area contributed by atoms with Crippen LogP contribution < -0.4 is 29.3 Å². The van der Waals surface area contributed by atoms with Gasteiger partial charge in [0.15, 0.2) is 11.4 Å². The third kappa shape index (κ3) is 8.93. The minimum absolute atomic E-state index is 0.0283. The number of hydrogen-bond donors (Lipinski definition) is 4. The monoisotopic (exact) mass is 972 g/mol. The lowest BCUT2D eigenvalue weighted by molar-refractivity contribution is -0.384. The van der Waals surface area contributed by atoms with Crippen LogP contribution in [0.1, 0.15) is 124 Å². The van der Waals surface area contributed by atoms with E-state index in [0.717, 1.165) is 75.3 Å². The number of rotatable bonds is 11. The van der Waals surface area contributed by atoms with Crippen molar-refractivity contribution in [2.24, 2.45) is 11.3 Å². The number of nitrogens with zero attached hydrogens (tertiary/aromatic N) is 5. The average Bonchev–Trinajstić information content (AvgIpc) is 3.98. The molecule has 5 aromatic rings. The summed E-state index contributed by atoms with van der Waals surface area (Å²) in [5, 5.41) is 26.6. The summed E-state index contributed by atoms with van der Waals surface area (Å²) in [7, 11) is -4.66. The lowest BCUT2D eigenvalue weighted by Gasteiger charge is -2.56. The Morgan fingerprint density at radius 3 is 2.54 bits per heavy atom. The lowest BCUT2D eigenvalue weighted by Crippen LogP contribution is -2.55. The van der Waals surface area contributed by atoms with Gasteiger partial charge >= 0.3 is 0 Å². The number of aliphatic hydroxyl groups excluding tert-OH is 1. The van der Waals surface area contributed by atoms with E-state index in [4.69, 9.17) is 14.5 Å². The van der Waals surface area contributed by atoms with Crippen molar-refractivity contribution in [3.63, 3.8) is 0 Å². The first kappa shape index (κ1) is 46.5. The molecule has 70 heavy (non-hydrogen) atoms. The van der Waals surface area contributed by atoms with Crippen LogP contribution in [0.2, 0.25) is 0 Å². The average molecular weight is 973 g/mol. The van der Waals surface area contributed by atoms with Gasteiger partial charge in [0, 0.05) is 61.1 Å². The number of nitro groups is 1. The minimum Gasteiger partial charge on any atom is -0.489 e. The van der Waals surface area contributed by atoms with E-state index in [1.807, 2.05) is 35.4 Å². The number of carbonyl (C=O) groups is 1. The Hall–Kier alpha value is -5.91. The van der Waals surface area contributed by atoms with Crippen LogP contribution in [0.3, 0.4) is 0 Å². The normalized spacial score (nSPS) is 23.7. The molecule has 4 N–H and O–H groups in total. The quantitative estimate of drug-likeness (QED) is 0.0723. The van der Waals surface area contributed by atoms with Crippen LogP contribution in [0.15, 0.2) is 77.8 Å². The number of sulfonamides is 1. The van der Waals surface area contributed by atoms with E-state index in [1.54, 1.807) is 6.07 Å². The number of hydrogen-bond acceptors (Lipinski definition) is 13. The molecule has 4 fully saturated rings. The fourth-order valence-corrected chi connectivity index (χ4v) is 13.6. The smallest absolute Gasteiger partial charge is 0.297 e. The highest BCUT2D eigenvalue weighted by atomic mass is 32.2. The molecule has 4 aliphatic heterocycles. The third-order valence-corrected chi connectivity index (χ3v) is 17.6. The number of aromatic nitrogens is 2. The molecule has 16 nitrogen and oxygen atoms in total. The molecule has 6 aliphatic rings. The van der Waals surface area contributed by atoms with E-state index in [0.29, 0.717) is 78.2 Å². The molecule has 2 saturated carbocycles. The third-order valence-electron chi connectivity index (χ3n) is 16.3. The number of likely N-dealkylation sites (tertiary alicyclic amines) is 1. The molecule has 17 heteroatoms. The number of fused-ring (bicyclic) bond motifs is 3. The summed E-state index contributed by atoms with van der Waals surface area (Å²) in [5.74, 6) is 0.374. The first-order valence-corrected chi connectivity index (χ1v) is 26.9. The second-order valence-electron chi connectivity index (χ2n) is 21.1. The molecule has 3 aromatic carbocycles. The first-order valence-electron chi connectivity index (χ1n) is 25.4. The number of aromatic amines is 1. The number of aliphatic hydroxyl groups is 1. The number of piperidine rings is 1. The van der Waals surface area contributed by atoms with Gasteiger partial charge in [-0.2, -0.15) is 4.98 Å². The Morgan fingerprint density at radius 2 is 1.76 bits per heavy atom. The second-order valence-corrected chi connectivity index (χ2v) is 22.8. The number of anilines is 4. The van der Waals surface area contributed by atoms with Gasteiger partial charge in [-0.3, -0.25) is 19.8 Å². The van der Waals surface area contributed by atoms with E-state index in [1.165, 1.54) is 42.9 Å². The molecule has 0 radical (unpaired) electrons. The van der Waals surface area contributed by atoms with Crippen molar-refractivity contribution >= 4 is 55.4 Å². The largest absolute Gasteiger partial charge is 0.489 e. The number of pyridine rings is 1. The number of benzene rings is 3. The Bertz CT molecular complexity index is 2900. The number of nitrogens with one attached hydrogen (secondary N) is 3. The van der Waals surface area contributed by atoms with Gasteiger partial charge in [0.05, 0.1) is 39.8 Å². The summed E-state index contributed by atoms with van der Waals surface area (Å²) in [6.45, 7) is 8.51. The van der Waals surface area contributed by atoms with Crippen molar-refractivity contribution in [3.05, 3.63) is 99.7 Å². The molecule has 6 heterocycles. The van der Waals surface area contributed by atoms with Crippen LogP contribution in [0, 0.1) is 21.4 Å². The van der Waals surface area contributed by atoms with Crippen molar-refractivity contribution in [1.82, 2.24) is 19.6 Å². The summed E-state index contributed by atoms with van der Waals surface area (Å²) >= 11 is 0. The maximum absolute atomic E-state index is 14.6. The maximum atomic E-state index is 14.6. The molecular formula is C53H64N8O8S. The Kier molecular flexibility index (Phi) is 12.4. The van der Waals surface area contributed by atoms with Crippen LogP contribution in [-0.2, 0) is 10.0 Å². The van der Waals surface area contributed by atoms with Crippen molar-refractivity contribution in [3.8, 4) is 11.6 Å². The maximum Gasteiger partial charge on any atom is 0.297 e. The van der Waals surface area contributed by atoms with Crippen molar-refractivity contribution < 1.29 is 32.7 Å². The molecule has 1 spiro atoms. The Balaban J connectivity index is 0.843. The van der Waals surface area contributed by atoms with Crippen LogP contribution >= 0.6 is 0 Å². The molecule has 2 saturated heterocycles. The fraction of sp³-hybridized carbons (Fsp3) is 0.509. The molecule has 370 valence electrons. The van der Waals surface area contributed by atoms with E-state index in [2.05, 4.69) is 62.9 Å². The number of H-pyrrole nitrogens is 1. The fourth-order valence-electron chi connectivity index (χ4n) is 12.6. The highest BCUT2D eigenvalue weighted by Crippen LogP contribution is 2.55. The molecule has 2 aliphatic carbocycles. The highest BCUT2D eigenvalue weighted by molar-refractivity contribution is 7.90. The van der Waals surface area contributed by atoms with Gasteiger partial charge in [-0.1, -0.05) is 38.1 Å². The van der Waals surface area contributed by atoms with Crippen LogP contribution in [-0.4, -0.2) is 96.8 Å². The molecule has 0 unspecified atom stereocenters. The SMILES string of the molecule is CC(C)c1ccccc1[C@@H]1CCCN1C1CC2(CCN(c3ccc(C(=O)NS(=O)(=O)c4cc5c(c([N+](=O)[O-])c4)N[C@H](CC4CCC(O)CC4)CO5)c(N4CCCOc5nc6[nH]ccc6cc54)c3)CC2)C1. The van der Waals surface area contributed by atoms with Crippen LogP contribution in [0.25, 0.3) is 11.0 Å². The van der Waals surface area contributed by atoms with E-state index >= 15 is 0 Å². The summed E-state index contributed by atoms with van der Waals surface area (Å²) in [4.78, 5) is 41.1. The van der Waals surface area contributed by atoms with Gasteiger partial charge < -0.3 is 34.7 Å². The number of amides is 1. The highest BCUT2D eigenvalue weighted by Gasteiger charge is 2.50. The molecular weight excluding hydrogens is 909 g/mol. The predicted octanol–water partition coefficient (Wildman–Crippen LogP) is 9.33. The van der Waals surface area contributed by atoms with E-state index in [9.17, 15) is 28.4 Å². The zero-order chi connectivity index (χ0) is 48.3. The zero-order valence-corrected chi connectivity index (χ0v) is 40.9. The molecule has 2 atom stereocenters. The van der Waals surface area contributed by atoms with Gasteiger partial charge in [-0.15, -0.1) is 0 Å². The molecule has 0 bridgehead atoms. The van der Waals surface area contributed by atoms with E-state index in [-0.39, 0.29) is 35.8 Å². The number of nitro benzene ring substituents is 1. The van der Waals surface area contributed by atoms with Gasteiger partial charge in [-0.05, 0) is 142 Å². The molecule has 1 amide bonds. The molecule has 2 aromatic heterocycles. The standard InChI is InChI=1S/C53H64N8O8S/c1-33(2)41-7-3-4-8-42(41)44-9-5-20-59(44)38-30-53(31-38)17-22-58(23-18-53)37-12-15-43(45(27-37)60-21-6-24-68-52-47(60)26-35-16-19-54-50(35)56-52)51(63)57-70(66,67)40-28-46(61(64)65)49-48(29-40)69-32-36(55-49)25-34-10-13-39(62)14-11-34/h3-4,7-8,12,15-16,19,26-29,33-34,36,38-39,44,55,62H,5-6,9-11,13-14,17-18,20-25,30-32H2,1-2H3,(H,54,56)(H,57,63)/t34?,36-,39?,44+/m1/s1. The van der Waals surface area contributed by atoms with Crippen molar-refractivity contribution in [1.29, 1.82) is 0 Å².